The molecule has 1 heterocycles. The van der Waals surface area contributed by atoms with Crippen LogP contribution in [-0.4, -0.2) is 21.6 Å². The van der Waals surface area contributed by atoms with Gasteiger partial charge in [-0.2, -0.15) is 0 Å². The van der Waals surface area contributed by atoms with E-state index in [-0.39, 0.29) is 5.91 Å². The first-order valence-corrected chi connectivity index (χ1v) is 6.56. The van der Waals surface area contributed by atoms with Gasteiger partial charge in [-0.25, -0.2) is 4.79 Å². The second-order valence-electron chi connectivity index (χ2n) is 4.84. The van der Waals surface area contributed by atoms with Gasteiger partial charge in [-0.1, -0.05) is 13.0 Å². The molecule has 5 heteroatoms. The maximum absolute atomic E-state index is 11.4. The molecule has 0 saturated heterocycles. The maximum Gasteiger partial charge on any atom is 0.326 e. The van der Waals surface area contributed by atoms with E-state index in [1.54, 1.807) is 0 Å². The molecule has 0 spiro atoms. The summed E-state index contributed by atoms with van der Waals surface area (Å²) >= 11 is 0. The third-order valence-electron chi connectivity index (χ3n) is 3.37. The second kappa shape index (κ2) is 5.36. The van der Waals surface area contributed by atoms with Crippen molar-refractivity contribution in [2.24, 2.45) is 0 Å². The van der Waals surface area contributed by atoms with Crippen molar-refractivity contribution in [1.82, 2.24) is 4.57 Å². The van der Waals surface area contributed by atoms with Gasteiger partial charge in [0.15, 0.2) is 0 Å². The molecule has 5 nitrogen and oxygen atoms in total. The number of carboxylic acids is 1. The number of carbonyl (C=O) groups is 2. The topological polar surface area (TPSA) is 71.3 Å². The van der Waals surface area contributed by atoms with Crippen LogP contribution < -0.4 is 5.32 Å². The molecule has 106 valence electrons. The number of fused-ring (bicyclic) bond motifs is 1. The molecule has 2 aromatic rings. The lowest BCUT2D eigenvalue weighted by molar-refractivity contribution is -0.140. The summed E-state index contributed by atoms with van der Waals surface area (Å²) in [6.07, 6.45) is 0.504. The number of aryl methyl sites for hydroxylation is 1. The molecule has 1 amide bonds. The molecule has 1 unspecified atom stereocenters. The minimum atomic E-state index is -0.849. The Morgan fingerprint density at radius 3 is 2.65 bits per heavy atom. The largest absolute Gasteiger partial charge is 0.480 e. The smallest absolute Gasteiger partial charge is 0.326 e. The van der Waals surface area contributed by atoms with Crippen LogP contribution in [0.3, 0.4) is 0 Å². The number of amides is 1. The summed E-state index contributed by atoms with van der Waals surface area (Å²) < 4.78 is 1.81. The molecule has 0 radical (unpaired) electrons. The highest BCUT2D eigenvalue weighted by atomic mass is 16.4. The molecule has 0 fully saturated rings. The number of carboxylic acid groups (broad SMARTS) is 1. The quantitative estimate of drug-likeness (QED) is 0.900. The Balaban J connectivity index is 2.65. The molecule has 0 aliphatic heterocycles. The molecule has 2 N–H and O–H groups in total. The molecule has 20 heavy (non-hydrogen) atoms. The van der Waals surface area contributed by atoms with E-state index < -0.39 is 12.0 Å². The van der Waals surface area contributed by atoms with Crippen LogP contribution in [-0.2, 0) is 9.59 Å². The lowest BCUT2D eigenvalue weighted by Crippen LogP contribution is -2.19. The number of rotatable bonds is 4. The molecule has 0 aliphatic rings. The van der Waals surface area contributed by atoms with Crippen molar-refractivity contribution in [3.05, 3.63) is 30.0 Å². The van der Waals surface area contributed by atoms with Crippen LogP contribution in [0.2, 0.25) is 0 Å². The van der Waals surface area contributed by atoms with Crippen molar-refractivity contribution in [2.75, 3.05) is 5.32 Å². The average molecular weight is 274 g/mol. The Labute approximate surface area is 117 Å². The number of anilines is 1. The van der Waals surface area contributed by atoms with E-state index in [2.05, 4.69) is 5.32 Å². The molecule has 0 bridgehead atoms. The Morgan fingerprint density at radius 1 is 1.40 bits per heavy atom. The highest BCUT2D eigenvalue weighted by molar-refractivity contribution is 6.01. The van der Waals surface area contributed by atoms with Crippen molar-refractivity contribution in [2.45, 2.75) is 33.2 Å². The summed E-state index contributed by atoms with van der Waals surface area (Å²) in [5, 5.41) is 13.0. The van der Waals surface area contributed by atoms with E-state index >= 15 is 0 Å². The predicted octanol–water partition coefficient (Wildman–Crippen LogP) is 2.94. The first-order chi connectivity index (χ1) is 9.45. The van der Waals surface area contributed by atoms with Gasteiger partial charge in [0.05, 0.1) is 11.2 Å². The van der Waals surface area contributed by atoms with E-state index in [0.717, 1.165) is 16.6 Å². The number of nitrogens with zero attached hydrogens (tertiary/aromatic N) is 1. The van der Waals surface area contributed by atoms with Crippen LogP contribution in [0.15, 0.2) is 24.3 Å². The van der Waals surface area contributed by atoms with Gasteiger partial charge in [-0.15, -0.1) is 0 Å². The monoisotopic (exact) mass is 274 g/mol. The van der Waals surface area contributed by atoms with Gasteiger partial charge in [0.25, 0.3) is 0 Å². The average Bonchev–Trinajstić information content (AvgIpc) is 2.68. The fraction of sp³-hybridized carbons (Fsp3) is 0.333. The second-order valence-corrected chi connectivity index (χ2v) is 4.84. The number of aliphatic carboxylic acids is 1. The van der Waals surface area contributed by atoms with E-state index in [9.17, 15) is 14.7 Å². The third kappa shape index (κ3) is 2.39. The van der Waals surface area contributed by atoms with Gasteiger partial charge in [0.1, 0.15) is 6.04 Å². The summed E-state index contributed by atoms with van der Waals surface area (Å²) in [6, 6.07) is 6.82. The number of nitrogens with one attached hydrogen (secondary N) is 1. The van der Waals surface area contributed by atoms with Crippen molar-refractivity contribution < 1.29 is 14.7 Å². The van der Waals surface area contributed by atoms with Crippen molar-refractivity contribution in [3.63, 3.8) is 0 Å². The van der Waals surface area contributed by atoms with Gasteiger partial charge < -0.3 is 15.0 Å². The van der Waals surface area contributed by atoms with Gasteiger partial charge in [0.2, 0.25) is 5.91 Å². The van der Waals surface area contributed by atoms with E-state index in [0.29, 0.717) is 12.1 Å². The van der Waals surface area contributed by atoms with E-state index in [4.69, 9.17) is 0 Å². The molecule has 0 saturated carbocycles. The molecule has 1 aromatic heterocycles. The van der Waals surface area contributed by atoms with Crippen LogP contribution in [0.25, 0.3) is 10.9 Å². The fourth-order valence-corrected chi connectivity index (χ4v) is 2.56. The van der Waals surface area contributed by atoms with Gasteiger partial charge in [-0.05, 0) is 31.5 Å². The van der Waals surface area contributed by atoms with Crippen molar-refractivity contribution in [3.8, 4) is 0 Å². The number of benzene rings is 1. The summed E-state index contributed by atoms with van der Waals surface area (Å²) in [5.74, 6) is -0.994. The zero-order valence-electron chi connectivity index (χ0n) is 11.8. The van der Waals surface area contributed by atoms with Crippen LogP contribution in [0.5, 0.6) is 0 Å². The molecule has 1 aromatic carbocycles. The number of hydrogen-bond donors (Lipinski definition) is 2. The van der Waals surface area contributed by atoms with Crippen molar-refractivity contribution >= 4 is 28.5 Å². The zero-order valence-corrected chi connectivity index (χ0v) is 11.8. The molecular weight excluding hydrogens is 256 g/mol. The summed E-state index contributed by atoms with van der Waals surface area (Å²) in [6.45, 7) is 5.18. The normalized spacial score (nSPS) is 12.3. The van der Waals surface area contributed by atoms with E-state index in [1.807, 2.05) is 42.7 Å². The maximum atomic E-state index is 11.4. The molecule has 2 rings (SSSR count). The summed E-state index contributed by atoms with van der Waals surface area (Å²) in [4.78, 5) is 22.6. The van der Waals surface area contributed by atoms with Gasteiger partial charge >= 0.3 is 5.97 Å². The lowest BCUT2D eigenvalue weighted by Gasteiger charge is -2.16. The highest BCUT2D eigenvalue weighted by Gasteiger charge is 2.21. The molecule has 0 aliphatic carbocycles. The predicted molar refractivity (Wildman–Crippen MR) is 77.9 cm³/mol. The van der Waals surface area contributed by atoms with Crippen molar-refractivity contribution in [1.29, 1.82) is 0 Å². The Hall–Kier alpha value is -2.30. The first kappa shape index (κ1) is 14.1. The van der Waals surface area contributed by atoms with Crippen LogP contribution in [0, 0.1) is 6.92 Å². The first-order valence-electron chi connectivity index (χ1n) is 6.56. The Kier molecular flexibility index (Phi) is 3.79. The molecule has 1 atom stereocenters. The van der Waals surface area contributed by atoms with Crippen LogP contribution in [0.4, 0.5) is 5.69 Å². The Bertz CT molecular complexity index is 673. The zero-order chi connectivity index (χ0) is 14.9. The van der Waals surface area contributed by atoms with Crippen LogP contribution >= 0.6 is 0 Å². The minimum Gasteiger partial charge on any atom is -0.480 e. The summed E-state index contributed by atoms with van der Waals surface area (Å²) in [5.41, 5.74) is 2.40. The lowest BCUT2D eigenvalue weighted by atomic mass is 10.2. The third-order valence-corrected chi connectivity index (χ3v) is 3.37. The SMILES string of the molecule is CCC(C(=O)O)n1c(C)cc2c(NC(C)=O)cccc21. The number of carbonyl (C=O) groups excluding carboxylic acids is 1. The van der Waals surface area contributed by atoms with Gasteiger partial charge in [0, 0.05) is 18.0 Å². The highest BCUT2D eigenvalue weighted by Crippen LogP contribution is 2.30. The Morgan fingerprint density at radius 2 is 2.10 bits per heavy atom. The van der Waals surface area contributed by atoms with Gasteiger partial charge in [-0.3, -0.25) is 4.79 Å². The van der Waals surface area contributed by atoms with E-state index in [1.165, 1.54) is 6.92 Å². The standard InChI is InChI=1S/C15H18N2O3/c1-4-13(15(19)20)17-9(2)8-11-12(16-10(3)18)6-5-7-14(11)17/h5-8,13H,4H2,1-3H3,(H,16,18)(H,19,20). The van der Waals surface area contributed by atoms with Crippen LogP contribution in [0.1, 0.15) is 32.0 Å². The minimum absolute atomic E-state index is 0.145. The number of hydrogen-bond acceptors (Lipinski definition) is 2. The summed E-state index contributed by atoms with van der Waals surface area (Å²) in [7, 11) is 0. The molecular formula is C15H18N2O3. The number of aromatic nitrogens is 1. The fourth-order valence-electron chi connectivity index (χ4n) is 2.56.